The summed E-state index contributed by atoms with van der Waals surface area (Å²) < 4.78 is 0. The lowest BCUT2D eigenvalue weighted by Crippen LogP contribution is -2.58. The van der Waals surface area contributed by atoms with E-state index in [2.05, 4.69) is 33.6 Å². The number of hydrogen-bond acceptors (Lipinski definition) is 4. The highest BCUT2D eigenvalue weighted by Crippen LogP contribution is 2.24. The molecule has 2 aliphatic rings. The molecule has 1 aromatic heterocycles. The van der Waals surface area contributed by atoms with Gasteiger partial charge in [-0.15, -0.1) is 0 Å². The van der Waals surface area contributed by atoms with Gasteiger partial charge in [0.25, 0.3) is 0 Å². The van der Waals surface area contributed by atoms with Gasteiger partial charge in [0.1, 0.15) is 11.9 Å². The zero-order valence-corrected chi connectivity index (χ0v) is 16.4. The minimum absolute atomic E-state index is 0.168. The van der Waals surface area contributed by atoms with Crippen LogP contribution in [0.1, 0.15) is 17.5 Å². The van der Waals surface area contributed by atoms with Gasteiger partial charge in [0.2, 0.25) is 5.91 Å². The van der Waals surface area contributed by atoms with E-state index >= 15 is 0 Å². The second kappa shape index (κ2) is 7.77. The molecule has 8 heteroatoms. The smallest absolute Gasteiger partial charge is 0.323 e. The number of carbonyl (C=O) groups excluding carboxylic acids is 2. The van der Waals surface area contributed by atoms with Gasteiger partial charge in [-0.3, -0.25) is 10.1 Å². The molecule has 0 saturated carbocycles. The highest BCUT2D eigenvalue weighted by molar-refractivity contribution is 6.30. The van der Waals surface area contributed by atoms with Crippen molar-refractivity contribution in [1.82, 2.24) is 14.8 Å². The second-order valence-corrected chi connectivity index (χ2v) is 7.69. The third-order valence-corrected chi connectivity index (χ3v) is 5.45. The van der Waals surface area contributed by atoms with Crippen LogP contribution >= 0.6 is 11.6 Å². The largest absolute Gasteiger partial charge is 0.324 e. The summed E-state index contributed by atoms with van der Waals surface area (Å²) in [6.45, 7) is 2.48. The molecule has 2 aliphatic heterocycles. The molecule has 0 aliphatic carbocycles. The number of carbonyl (C=O) groups is 2. The molecule has 28 heavy (non-hydrogen) atoms. The predicted octanol–water partition coefficient (Wildman–Crippen LogP) is 2.97. The Morgan fingerprint density at radius 1 is 1.14 bits per heavy atom. The first-order valence-corrected chi connectivity index (χ1v) is 9.68. The molecule has 0 spiro atoms. The van der Waals surface area contributed by atoms with Gasteiger partial charge in [-0.1, -0.05) is 17.7 Å². The molecule has 2 aromatic rings. The van der Waals surface area contributed by atoms with Crippen molar-refractivity contribution in [2.45, 2.75) is 25.4 Å². The molecular weight excluding hydrogens is 378 g/mol. The summed E-state index contributed by atoms with van der Waals surface area (Å²) in [7, 11) is 2.11. The fourth-order valence-corrected chi connectivity index (χ4v) is 3.64. The van der Waals surface area contributed by atoms with Crippen LogP contribution in [0, 0.1) is 0 Å². The summed E-state index contributed by atoms with van der Waals surface area (Å²) >= 11 is 5.80. The summed E-state index contributed by atoms with van der Waals surface area (Å²) in [5, 5.41) is 6.15. The van der Waals surface area contributed by atoms with Crippen molar-refractivity contribution >= 4 is 35.0 Å². The van der Waals surface area contributed by atoms with E-state index < -0.39 is 6.04 Å². The van der Waals surface area contributed by atoms with E-state index in [-0.39, 0.29) is 11.9 Å². The van der Waals surface area contributed by atoms with Crippen LogP contribution < -0.4 is 10.6 Å². The minimum Gasteiger partial charge on any atom is -0.324 e. The van der Waals surface area contributed by atoms with Crippen LogP contribution in [0.5, 0.6) is 0 Å². The number of nitrogens with one attached hydrogen (secondary N) is 2. The van der Waals surface area contributed by atoms with Gasteiger partial charge in [-0.25, -0.2) is 9.78 Å². The summed E-state index contributed by atoms with van der Waals surface area (Å²) in [5.41, 5.74) is 3.35. The zero-order chi connectivity index (χ0) is 19.7. The van der Waals surface area contributed by atoms with Gasteiger partial charge >= 0.3 is 6.03 Å². The number of aromatic nitrogens is 1. The van der Waals surface area contributed by atoms with Crippen molar-refractivity contribution in [3.8, 4) is 0 Å². The van der Waals surface area contributed by atoms with Crippen molar-refractivity contribution in [3.63, 3.8) is 0 Å². The number of nitrogens with zero attached hydrogens (tertiary/aromatic N) is 3. The van der Waals surface area contributed by atoms with Gasteiger partial charge in [0, 0.05) is 31.5 Å². The Kier molecular flexibility index (Phi) is 5.19. The van der Waals surface area contributed by atoms with Crippen LogP contribution in [0.3, 0.4) is 0 Å². The maximum atomic E-state index is 12.7. The molecule has 1 atom stereocenters. The molecule has 7 nitrogen and oxygen atoms in total. The standard InChI is InChI=1S/C20H22ClN5O2/c1-25-8-6-13-10-16(4-2-14(13)12-25)23-19(27)17-7-9-26(17)20(28)24-18-5-3-15(21)11-22-18/h2-5,10-11,17H,6-9,12H2,1H3,(H,23,27)(H,22,24,28). The van der Waals surface area contributed by atoms with Crippen LogP contribution in [0.4, 0.5) is 16.3 Å². The van der Waals surface area contributed by atoms with E-state index in [0.29, 0.717) is 23.8 Å². The van der Waals surface area contributed by atoms with Crippen molar-refractivity contribution in [2.75, 3.05) is 30.8 Å². The number of halogens is 1. The number of urea groups is 1. The van der Waals surface area contributed by atoms with E-state index in [1.807, 2.05) is 12.1 Å². The maximum absolute atomic E-state index is 12.7. The summed E-state index contributed by atoms with van der Waals surface area (Å²) in [6, 6.07) is 8.50. The monoisotopic (exact) mass is 399 g/mol. The molecule has 1 saturated heterocycles. The minimum atomic E-state index is -0.477. The Labute approximate surface area is 168 Å². The predicted molar refractivity (Wildman–Crippen MR) is 108 cm³/mol. The SMILES string of the molecule is CN1CCc2cc(NC(=O)C3CCN3C(=O)Nc3ccc(Cl)cn3)ccc2C1. The molecule has 3 heterocycles. The van der Waals surface area contributed by atoms with Gasteiger partial charge in [0.05, 0.1) is 5.02 Å². The Morgan fingerprint density at radius 2 is 2.00 bits per heavy atom. The van der Waals surface area contributed by atoms with Crippen LogP contribution in [-0.4, -0.2) is 52.9 Å². The summed E-state index contributed by atoms with van der Waals surface area (Å²) in [5.74, 6) is 0.235. The van der Waals surface area contributed by atoms with Gasteiger partial charge < -0.3 is 15.1 Å². The fourth-order valence-electron chi connectivity index (χ4n) is 3.53. The Bertz CT molecular complexity index is 902. The van der Waals surface area contributed by atoms with Crippen molar-refractivity contribution in [2.24, 2.45) is 0 Å². The molecule has 1 fully saturated rings. The molecule has 1 unspecified atom stereocenters. The number of anilines is 2. The molecule has 0 bridgehead atoms. The molecule has 1 aromatic carbocycles. The van der Waals surface area contributed by atoms with Crippen LogP contribution in [0.25, 0.3) is 0 Å². The Morgan fingerprint density at radius 3 is 2.71 bits per heavy atom. The highest BCUT2D eigenvalue weighted by atomic mass is 35.5. The number of pyridine rings is 1. The zero-order valence-electron chi connectivity index (χ0n) is 15.6. The summed E-state index contributed by atoms with van der Waals surface area (Å²) in [6.07, 6.45) is 3.08. The fraction of sp³-hybridized carbons (Fsp3) is 0.350. The highest BCUT2D eigenvalue weighted by Gasteiger charge is 2.37. The third-order valence-electron chi connectivity index (χ3n) is 5.22. The normalized spacial score (nSPS) is 18.8. The number of benzene rings is 1. The number of likely N-dealkylation sites (N-methyl/N-ethyl adjacent to an activating group) is 1. The summed E-state index contributed by atoms with van der Waals surface area (Å²) in [4.78, 5) is 32.9. The van der Waals surface area contributed by atoms with E-state index in [1.54, 1.807) is 12.1 Å². The molecule has 3 amide bonds. The lowest BCUT2D eigenvalue weighted by atomic mass is 9.99. The molecule has 2 N–H and O–H groups in total. The van der Waals surface area contributed by atoms with E-state index in [0.717, 1.165) is 25.2 Å². The molecular formula is C20H22ClN5O2. The van der Waals surface area contributed by atoms with E-state index in [1.165, 1.54) is 22.2 Å². The van der Waals surface area contributed by atoms with Crippen molar-refractivity contribution < 1.29 is 9.59 Å². The first kappa shape index (κ1) is 18.7. The maximum Gasteiger partial charge on any atom is 0.323 e. The number of likely N-dealkylation sites (tertiary alicyclic amines) is 1. The lowest BCUT2D eigenvalue weighted by Gasteiger charge is -2.39. The number of fused-ring (bicyclic) bond motifs is 1. The van der Waals surface area contributed by atoms with E-state index in [9.17, 15) is 9.59 Å². The first-order chi connectivity index (χ1) is 13.5. The number of hydrogen-bond donors (Lipinski definition) is 2. The topological polar surface area (TPSA) is 77.6 Å². The number of rotatable bonds is 3. The van der Waals surface area contributed by atoms with Crippen LogP contribution in [-0.2, 0) is 17.8 Å². The average Bonchev–Trinajstić information content (AvgIpc) is 2.62. The van der Waals surface area contributed by atoms with Crippen LogP contribution in [0.15, 0.2) is 36.5 Å². The van der Waals surface area contributed by atoms with Crippen molar-refractivity contribution in [1.29, 1.82) is 0 Å². The molecule has 146 valence electrons. The van der Waals surface area contributed by atoms with Gasteiger partial charge in [-0.2, -0.15) is 0 Å². The average molecular weight is 400 g/mol. The lowest BCUT2D eigenvalue weighted by molar-refractivity contribution is -0.123. The van der Waals surface area contributed by atoms with Gasteiger partial charge in [0.15, 0.2) is 0 Å². The third kappa shape index (κ3) is 3.95. The first-order valence-electron chi connectivity index (χ1n) is 9.30. The van der Waals surface area contributed by atoms with Gasteiger partial charge in [-0.05, 0) is 55.3 Å². The quantitative estimate of drug-likeness (QED) is 0.831. The molecule has 0 radical (unpaired) electrons. The van der Waals surface area contributed by atoms with Crippen molar-refractivity contribution in [3.05, 3.63) is 52.7 Å². The van der Waals surface area contributed by atoms with E-state index in [4.69, 9.17) is 11.6 Å². The van der Waals surface area contributed by atoms with Crippen LogP contribution in [0.2, 0.25) is 5.02 Å². The number of amides is 3. The second-order valence-electron chi connectivity index (χ2n) is 7.25. The molecule has 4 rings (SSSR count). The Balaban J connectivity index is 1.37. The Hall–Kier alpha value is -2.64.